The fourth-order valence-corrected chi connectivity index (χ4v) is 2.70. The summed E-state index contributed by atoms with van der Waals surface area (Å²) in [7, 11) is 1.28. The Bertz CT molecular complexity index is 709. The van der Waals surface area contributed by atoms with Crippen molar-refractivity contribution in [3.63, 3.8) is 0 Å². The molecule has 2 aromatic rings. The molecule has 0 aliphatic carbocycles. The zero-order valence-corrected chi connectivity index (χ0v) is 14.1. The van der Waals surface area contributed by atoms with E-state index in [1.165, 1.54) is 42.7 Å². The number of esters is 2. The first-order valence-electron chi connectivity index (χ1n) is 7.19. The number of rotatable bonds is 6. The van der Waals surface area contributed by atoms with Crippen molar-refractivity contribution in [2.24, 2.45) is 0 Å². The molecule has 24 heavy (non-hydrogen) atoms. The van der Waals surface area contributed by atoms with Gasteiger partial charge in [-0.15, -0.1) is 11.3 Å². The number of methoxy groups -OCH3 is 1. The van der Waals surface area contributed by atoms with Gasteiger partial charge in [-0.3, -0.25) is 4.79 Å². The summed E-state index contributed by atoms with van der Waals surface area (Å²) in [6, 6.07) is 9.49. The number of ether oxygens (including phenoxy) is 2. The van der Waals surface area contributed by atoms with Crippen LogP contribution in [-0.2, 0) is 14.3 Å². The van der Waals surface area contributed by atoms with Gasteiger partial charge in [-0.1, -0.05) is 6.07 Å². The summed E-state index contributed by atoms with van der Waals surface area (Å²) in [4.78, 5) is 36.1. The standard InChI is InChI=1S/C17H17NO5S/c1-11(14-4-3-9-24-14)18-15(19)10-23-17(21)13-7-5-12(6-8-13)16(20)22-2/h3-9,11H,10H2,1-2H3,(H,18,19)/t11-/m0/s1. The molecule has 1 aromatic heterocycles. The van der Waals surface area contributed by atoms with Gasteiger partial charge >= 0.3 is 11.9 Å². The van der Waals surface area contributed by atoms with Crippen LogP contribution in [0.25, 0.3) is 0 Å². The maximum Gasteiger partial charge on any atom is 0.338 e. The highest BCUT2D eigenvalue weighted by Crippen LogP contribution is 2.17. The lowest BCUT2D eigenvalue weighted by Gasteiger charge is -2.12. The van der Waals surface area contributed by atoms with E-state index >= 15 is 0 Å². The molecule has 0 bridgehead atoms. The number of thiophene rings is 1. The van der Waals surface area contributed by atoms with Gasteiger partial charge in [0.15, 0.2) is 6.61 Å². The molecular weight excluding hydrogens is 330 g/mol. The largest absolute Gasteiger partial charge is 0.465 e. The van der Waals surface area contributed by atoms with Crippen LogP contribution in [0.15, 0.2) is 41.8 Å². The Hall–Kier alpha value is -2.67. The van der Waals surface area contributed by atoms with Gasteiger partial charge in [-0.05, 0) is 42.6 Å². The Morgan fingerprint density at radius 3 is 2.25 bits per heavy atom. The highest BCUT2D eigenvalue weighted by Gasteiger charge is 2.14. The molecular formula is C17H17NO5S. The number of carbonyl (C=O) groups excluding carboxylic acids is 3. The molecule has 0 saturated heterocycles. The van der Waals surface area contributed by atoms with Gasteiger partial charge in [0.2, 0.25) is 0 Å². The lowest BCUT2D eigenvalue weighted by molar-refractivity contribution is -0.124. The topological polar surface area (TPSA) is 81.7 Å². The summed E-state index contributed by atoms with van der Waals surface area (Å²) in [5.41, 5.74) is 0.582. The molecule has 0 unspecified atom stereocenters. The molecule has 126 valence electrons. The van der Waals surface area contributed by atoms with Gasteiger partial charge in [0.05, 0.1) is 24.3 Å². The van der Waals surface area contributed by atoms with Gasteiger partial charge in [0.25, 0.3) is 5.91 Å². The minimum Gasteiger partial charge on any atom is -0.465 e. The van der Waals surface area contributed by atoms with Crippen molar-refractivity contribution in [1.82, 2.24) is 5.32 Å². The SMILES string of the molecule is COC(=O)c1ccc(C(=O)OCC(=O)N[C@@H](C)c2cccs2)cc1. The number of hydrogen-bond acceptors (Lipinski definition) is 6. The summed E-state index contributed by atoms with van der Waals surface area (Å²) in [5, 5.41) is 4.68. The maximum atomic E-state index is 11.9. The highest BCUT2D eigenvalue weighted by atomic mass is 32.1. The molecule has 0 aliphatic rings. The molecule has 2 rings (SSSR count). The third-order valence-corrected chi connectivity index (χ3v) is 4.28. The zero-order chi connectivity index (χ0) is 17.5. The Labute approximate surface area is 143 Å². The predicted molar refractivity (Wildman–Crippen MR) is 88.9 cm³/mol. The third-order valence-electron chi connectivity index (χ3n) is 3.22. The summed E-state index contributed by atoms with van der Waals surface area (Å²) < 4.78 is 9.55. The van der Waals surface area contributed by atoms with Crippen LogP contribution in [0.5, 0.6) is 0 Å². The molecule has 1 amide bonds. The third kappa shape index (κ3) is 4.66. The van der Waals surface area contributed by atoms with E-state index in [0.717, 1.165) is 4.88 Å². The lowest BCUT2D eigenvalue weighted by atomic mass is 10.1. The van der Waals surface area contributed by atoms with E-state index in [2.05, 4.69) is 10.1 Å². The Morgan fingerprint density at radius 1 is 1.08 bits per heavy atom. The fraction of sp³-hybridized carbons (Fsp3) is 0.235. The first-order chi connectivity index (χ1) is 11.5. The van der Waals surface area contributed by atoms with E-state index in [0.29, 0.717) is 5.56 Å². The summed E-state index contributed by atoms with van der Waals surface area (Å²) in [5.74, 6) is -1.50. The molecule has 0 fully saturated rings. The van der Waals surface area contributed by atoms with Gasteiger partial charge in [-0.2, -0.15) is 0 Å². The van der Waals surface area contributed by atoms with Crippen LogP contribution in [-0.4, -0.2) is 31.6 Å². The van der Waals surface area contributed by atoms with Crippen molar-refractivity contribution in [1.29, 1.82) is 0 Å². The van der Waals surface area contributed by atoms with Crippen molar-refractivity contribution in [3.8, 4) is 0 Å². The van der Waals surface area contributed by atoms with Crippen molar-refractivity contribution in [2.75, 3.05) is 13.7 Å². The Balaban J connectivity index is 1.84. The van der Waals surface area contributed by atoms with Gasteiger partial charge in [0.1, 0.15) is 0 Å². The van der Waals surface area contributed by atoms with Gasteiger partial charge in [-0.25, -0.2) is 9.59 Å². The van der Waals surface area contributed by atoms with Crippen molar-refractivity contribution < 1.29 is 23.9 Å². The number of amides is 1. The molecule has 7 heteroatoms. The number of hydrogen-bond donors (Lipinski definition) is 1. The zero-order valence-electron chi connectivity index (χ0n) is 13.3. The van der Waals surface area contributed by atoms with Crippen molar-refractivity contribution in [2.45, 2.75) is 13.0 Å². The number of nitrogens with one attached hydrogen (secondary N) is 1. The molecule has 0 spiro atoms. The van der Waals surface area contributed by atoms with Crippen LogP contribution < -0.4 is 5.32 Å². The average Bonchev–Trinajstić information content (AvgIpc) is 3.14. The highest BCUT2D eigenvalue weighted by molar-refractivity contribution is 7.10. The van der Waals surface area contributed by atoms with E-state index in [-0.39, 0.29) is 24.1 Å². The smallest absolute Gasteiger partial charge is 0.338 e. The Morgan fingerprint density at radius 2 is 1.71 bits per heavy atom. The molecule has 0 saturated carbocycles. The van der Waals surface area contributed by atoms with Crippen LogP contribution in [0.4, 0.5) is 0 Å². The van der Waals surface area contributed by atoms with E-state index in [1.807, 2.05) is 24.4 Å². The lowest BCUT2D eigenvalue weighted by Crippen LogP contribution is -2.30. The van der Waals surface area contributed by atoms with Crippen LogP contribution in [0.1, 0.15) is 38.6 Å². The molecule has 6 nitrogen and oxygen atoms in total. The van der Waals surface area contributed by atoms with E-state index < -0.39 is 11.9 Å². The monoisotopic (exact) mass is 347 g/mol. The van der Waals surface area contributed by atoms with Crippen LogP contribution in [0.3, 0.4) is 0 Å². The van der Waals surface area contributed by atoms with E-state index in [4.69, 9.17) is 4.74 Å². The first kappa shape index (κ1) is 17.7. The molecule has 1 N–H and O–H groups in total. The van der Waals surface area contributed by atoms with Crippen LogP contribution >= 0.6 is 11.3 Å². The summed E-state index contributed by atoms with van der Waals surface area (Å²) in [6.45, 7) is 1.49. The average molecular weight is 347 g/mol. The molecule has 0 aliphatic heterocycles. The van der Waals surface area contributed by atoms with Gasteiger partial charge in [0, 0.05) is 4.88 Å². The summed E-state index contributed by atoms with van der Waals surface area (Å²) >= 11 is 1.54. The normalized spacial score (nSPS) is 11.4. The summed E-state index contributed by atoms with van der Waals surface area (Å²) in [6.07, 6.45) is 0. The second kappa shape index (κ2) is 8.26. The van der Waals surface area contributed by atoms with Crippen molar-refractivity contribution >= 4 is 29.2 Å². The second-order valence-corrected chi connectivity index (χ2v) is 5.93. The number of carbonyl (C=O) groups is 3. The van der Waals surface area contributed by atoms with Gasteiger partial charge < -0.3 is 14.8 Å². The number of benzene rings is 1. The first-order valence-corrected chi connectivity index (χ1v) is 8.07. The molecule has 1 heterocycles. The van der Waals surface area contributed by atoms with Crippen molar-refractivity contribution in [3.05, 3.63) is 57.8 Å². The minimum absolute atomic E-state index is 0.143. The minimum atomic E-state index is -0.634. The molecule has 1 aromatic carbocycles. The maximum absolute atomic E-state index is 11.9. The Kier molecular flexibility index (Phi) is 6.08. The molecule has 1 atom stereocenters. The van der Waals surface area contributed by atoms with E-state index in [1.54, 1.807) is 0 Å². The van der Waals surface area contributed by atoms with E-state index in [9.17, 15) is 14.4 Å². The predicted octanol–water partition coefficient (Wildman–Crippen LogP) is 2.57. The second-order valence-electron chi connectivity index (χ2n) is 4.95. The fourth-order valence-electron chi connectivity index (χ4n) is 1.97. The molecule has 0 radical (unpaired) electrons. The van der Waals surface area contributed by atoms with Crippen LogP contribution in [0, 0.1) is 0 Å². The quantitative estimate of drug-likeness (QED) is 0.812. The van der Waals surface area contributed by atoms with Crippen LogP contribution in [0.2, 0.25) is 0 Å².